The van der Waals surface area contributed by atoms with Crippen LogP contribution in [0.2, 0.25) is 0 Å². The Bertz CT molecular complexity index is 2080. The van der Waals surface area contributed by atoms with Crippen molar-refractivity contribution in [1.82, 2.24) is 28.8 Å². The fourth-order valence-electron chi connectivity index (χ4n) is 5.78. The summed E-state index contributed by atoms with van der Waals surface area (Å²) < 4.78 is 68.2. The number of para-hydroxylation sites is 2. The lowest BCUT2D eigenvalue weighted by Crippen LogP contribution is -2.52. The highest BCUT2D eigenvalue weighted by atomic mass is 35.5. The number of anilines is 2. The van der Waals surface area contributed by atoms with E-state index in [0.717, 1.165) is 0 Å². The van der Waals surface area contributed by atoms with E-state index in [4.69, 9.17) is 0 Å². The van der Waals surface area contributed by atoms with Gasteiger partial charge < -0.3 is 19.7 Å². The molecule has 0 spiro atoms. The summed E-state index contributed by atoms with van der Waals surface area (Å²) in [6.07, 6.45) is 2.79. The second-order valence-electron chi connectivity index (χ2n) is 12.6. The van der Waals surface area contributed by atoms with Crippen LogP contribution in [-0.4, -0.2) is 126 Å². The number of carbonyl (C=O) groups is 2. The average Bonchev–Trinajstić information content (AvgIpc) is 3.23. The van der Waals surface area contributed by atoms with Crippen LogP contribution in [0.3, 0.4) is 0 Å². The topological polar surface area (TPSA) is 175 Å². The number of carbonyl (C=O) groups excluding carboxylic acids is 2. The summed E-state index contributed by atoms with van der Waals surface area (Å²) in [5.41, 5.74) is 2.84. The number of hydrogen-bond acceptors (Lipinski definition) is 12. The van der Waals surface area contributed by atoms with Gasteiger partial charge in [-0.2, -0.15) is 25.4 Å². The van der Waals surface area contributed by atoms with Crippen LogP contribution in [0.25, 0.3) is 0 Å². The molecule has 2 aromatic heterocycles. The number of nitrogens with one attached hydrogen (secondary N) is 1. The van der Waals surface area contributed by atoms with Crippen LogP contribution in [0.1, 0.15) is 32.1 Å². The zero-order chi connectivity index (χ0) is 39.4. The first kappa shape index (κ1) is 47.0. The molecule has 0 radical (unpaired) electrons. The third-order valence-corrected chi connectivity index (χ3v) is 12.8. The Labute approximate surface area is 347 Å². The van der Waals surface area contributed by atoms with E-state index < -0.39 is 32.4 Å². The molecule has 57 heavy (non-hydrogen) atoms. The highest BCUT2D eigenvalue weighted by Crippen LogP contribution is 2.25. The number of esters is 2. The van der Waals surface area contributed by atoms with E-state index in [0.29, 0.717) is 86.2 Å². The van der Waals surface area contributed by atoms with Gasteiger partial charge in [-0.15, -0.1) is 24.8 Å². The van der Waals surface area contributed by atoms with Gasteiger partial charge >= 0.3 is 32.4 Å². The molecule has 310 valence electrons. The predicted octanol–water partition coefficient (Wildman–Crippen LogP) is 3.24. The summed E-state index contributed by atoms with van der Waals surface area (Å²) in [5.74, 6) is -0.966. The Morgan fingerprint density at radius 2 is 1.00 bits per heavy atom. The van der Waals surface area contributed by atoms with Crippen molar-refractivity contribution in [2.45, 2.75) is 13.1 Å². The van der Waals surface area contributed by atoms with Crippen LogP contribution in [0, 0.1) is 0 Å². The summed E-state index contributed by atoms with van der Waals surface area (Å²) in [6, 6.07) is 24.3. The molecule has 0 amide bonds. The van der Waals surface area contributed by atoms with Crippen molar-refractivity contribution in [1.29, 1.82) is 0 Å². The summed E-state index contributed by atoms with van der Waals surface area (Å²) in [5, 5.41) is 3.16. The van der Waals surface area contributed by atoms with Crippen LogP contribution in [0.4, 0.5) is 11.4 Å². The third kappa shape index (κ3) is 12.3. The van der Waals surface area contributed by atoms with E-state index >= 15 is 0 Å². The highest BCUT2D eigenvalue weighted by Gasteiger charge is 2.33. The number of benzene rings is 2. The minimum absolute atomic E-state index is 0. The molecule has 6 rings (SSSR count). The fourth-order valence-corrected chi connectivity index (χ4v) is 8.97. The minimum Gasteiger partial charge on any atom is -0.465 e. The third-order valence-electron chi connectivity index (χ3n) is 8.94. The quantitative estimate of drug-likeness (QED) is 0.206. The van der Waals surface area contributed by atoms with Gasteiger partial charge in [0.25, 0.3) is 0 Å². The number of methoxy groups -OCH3 is 2. The fraction of sp³-hybridized carbons (Fsp3) is 0.351. The maximum absolute atomic E-state index is 13.4. The van der Waals surface area contributed by atoms with E-state index in [1.54, 1.807) is 72.8 Å². The molecular formula is C37H48Cl2N8O8S2. The maximum atomic E-state index is 13.4. The van der Waals surface area contributed by atoms with E-state index in [1.165, 1.54) is 43.8 Å². The van der Waals surface area contributed by atoms with Crippen molar-refractivity contribution in [3.05, 3.63) is 120 Å². The van der Waals surface area contributed by atoms with Crippen LogP contribution in [-0.2, 0) is 43.0 Å². The van der Waals surface area contributed by atoms with Crippen molar-refractivity contribution in [2.75, 3.05) is 82.2 Å². The SMILES string of the molecule is COC(=O)c1ccc(CN(c2ccccc2)S(=O)(=O)N2CCN(C)CC2)nc1.COC(=O)c1ccc(CN(c2ccccc2)S(=O)(=O)N2CCNCC2)nc1.Cl.Cl. The van der Waals surface area contributed by atoms with Crippen LogP contribution >= 0.6 is 24.8 Å². The molecule has 0 aliphatic carbocycles. The molecular weight excluding hydrogens is 819 g/mol. The largest absolute Gasteiger partial charge is 0.465 e. The molecule has 16 nitrogen and oxygen atoms in total. The van der Waals surface area contributed by atoms with E-state index in [-0.39, 0.29) is 37.9 Å². The van der Waals surface area contributed by atoms with Crippen molar-refractivity contribution < 1.29 is 35.9 Å². The van der Waals surface area contributed by atoms with Gasteiger partial charge in [0.05, 0.1) is 61.2 Å². The Kier molecular flexibility index (Phi) is 18.1. The second kappa shape index (κ2) is 21.9. The first-order valence-corrected chi connectivity index (χ1v) is 20.3. The molecule has 2 aliphatic rings. The molecule has 0 bridgehead atoms. The van der Waals surface area contributed by atoms with E-state index in [1.807, 2.05) is 19.2 Å². The lowest BCUT2D eigenvalue weighted by atomic mass is 10.2. The lowest BCUT2D eigenvalue weighted by Gasteiger charge is -2.36. The molecule has 20 heteroatoms. The standard InChI is InChI=1S/C19H24N4O4S.C18H22N4O4S.2ClH/c1-21-10-12-22(13-11-21)28(25,26)23(18-6-4-3-5-7-18)15-17-9-8-16(14-20-17)19(24)27-2;1-26-18(23)15-7-8-16(20-13-15)14-22(17-5-3-2-4-6-17)27(24,25)21-11-9-19-10-12-21;;/h3-9,14H,10-13,15H2,1-2H3;2-8,13,19H,9-12,14H2,1H3;2*1H. The molecule has 4 aromatic rings. The minimum atomic E-state index is -3.72. The van der Waals surface area contributed by atoms with Gasteiger partial charge in [-0.3, -0.25) is 18.6 Å². The molecule has 0 unspecified atom stereocenters. The number of hydrogen-bond donors (Lipinski definition) is 1. The van der Waals surface area contributed by atoms with Gasteiger partial charge in [0, 0.05) is 64.8 Å². The molecule has 0 atom stereocenters. The van der Waals surface area contributed by atoms with Gasteiger partial charge in [-0.1, -0.05) is 36.4 Å². The molecule has 2 saturated heterocycles. The molecule has 2 aromatic carbocycles. The number of piperazine rings is 2. The summed E-state index contributed by atoms with van der Waals surface area (Å²) >= 11 is 0. The van der Waals surface area contributed by atoms with Gasteiger partial charge in [0.2, 0.25) is 0 Å². The first-order valence-electron chi connectivity index (χ1n) is 17.6. The van der Waals surface area contributed by atoms with Gasteiger partial charge in [0.15, 0.2) is 0 Å². The number of nitrogens with zero attached hydrogens (tertiary/aromatic N) is 7. The lowest BCUT2D eigenvalue weighted by molar-refractivity contribution is 0.0591. The van der Waals surface area contributed by atoms with Gasteiger partial charge in [-0.25, -0.2) is 9.59 Å². The zero-order valence-electron chi connectivity index (χ0n) is 31.8. The maximum Gasteiger partial charge on any atom is 0.339 e. The Hall–Kier alpha value is -4.40. The predicted molar refractivity (Wildman–Crippen MR) is 222 cm³/mol. The second-order valence-corrected chi connectivity index (χ2v) is 16.3. The summed E-state index contributed by atoms with van der Waals surface area (Å²) in [7, 11) is -2.85. The van der Waals surface area contributed by atoms with Crippen molar-refractivity contribution in [2.24, 2.45) is 0 Å². The monoisotopic (exact) mass is 866 g/mol. The number of aromatic nitrogens is 2. The van der Waals surface area contributed by atoms with E-state index in [9.17, 15) is 26.4 Å². The highest BCUT2D eigenvalue weighted by molar-refractivity contribution is 7.90. The normalized spacial score (nSPS) is 15.1. The van der Waals surface area contributed by atoms with Crippen LogP contribution in [0.5, 0.6) is 0 Å². The molecule has 4 heterocycles. The number of likely N-dealkylation sites (N-methyl/N-ethyl adjacent to an activating group) is 1. The Morgan fingerprint density at radius 1 is 0.614 bits per heavy atom. The Balaban J connectivity index is 0.000000295. The smallest absolute Gasteiger partial charge is 0.339 e. The average molecular weight is 868 g/mol. The number of ether oxygens (including phenoxy) is 2. The van der Waals surface area contributed by atoms with Crippen molar-refractivity contribution >= 4 is 68.5 Å². The molecule has 1 N–H and O–H groups in total. The number of halogens is 2. The van der Waals surface area contributed by atoms with Gasteiger partial charge in [0.1, 0.15) is 0 Å². The summed E-state index contributed by atoms with van der Waals surface area (Å²) in [6.45, 7) is 4.47. The molecule has 2 aliphatic heterocycles. The first-order chi connectivity index (χ1) is 26.4. The van der Waals surface area contributed by atoms with E-state index in [2.05, 4.69) is 29.7 Å². The Morgan fingerprint density at radius 3 is 1.35 bits per heavy atom. The molecule has 0 saturated carbocycles. The zero-order valence-corrected chi connectivity index (χ0v) is 35.1. The van der Waals surface area contributed by atoms with Crippen molar-refractivity contribution in [3.8, 4) is 0 Å². The number of rotatable bonds is 12. The van der Waals surface area contributed by atoms with Crippen molar-refractivity contribution in [3.63, 3.8) is 0 Å². The van der Waals surface area contributed by atoms with Gasteiger partial charge in [-0.05, 0) is 55.6 Å². The molecule has 2 fully saturated rings. The van der Waals surface area contributed by atoms with Crippen LogP contribution < -0.4 is 13.9 Å². The number of pyridine rings is 2. The van der Waals surface area contributed by atoms with Crippen LogP contribution in [0.15, 0.2) is 97.3 Å². The summed E-state index contributed by atoms with van der Waals surface area (Å²) in [4.78, 5) is 33.7.